The molecule has 0 saturated heterocycles. The molecule has 0 saturated carbocycles. The molecule has 0 aromatic rings. The van der Waals surface area contributed by atoms with Gasteiger partial charge < -0.3 is 14.9 Å². The second-order valence-corrected chi connectivity index (χ2v) is 5.40. The molecule has 0 aromatic carbocycles. The number of carbonyl (C=O) groups is 1. The Labute approximate surface area is 106 Å². The van der Waals surface area contributed by atoms with Gasteiger partial charge in [-0.15, -0.1) is 0 Å². The Balaban J connectivity index is 3.10. The lowest BCUT2D eigenvalue weighted by atomic mass is 10.3. The van der Waals surface area contributed by atoms with E-state index in [-0.39, 0.29) is 11.6 Å². The van der Waals surface area contributed by atoms with Crippen molar-refractivity contribution in [2.24, 2.45) is 0 Å². The van der Waals surface area contributed by atoms with Gasteiger partial charge in [0.25, 0.3) is 0 Å². The third kappa shape index (κ3) is 2.94. The predicted molar refractivity (Wildman–Crippen MR) is 65.0 cm³/mol. The zero-order valence-electron chi connectivity index (χ0n) is 10.4. The van der Waals surface area contributed by atoms with Crippen molar-refractivity contribution in [2.75, 3.05) is 13.1 Å². The molecule has 0 aliphatic carbocycles. The van der Waals surface area contributed by atoms with Gasteiger partial charge in [-0.1, -0.05) is 13.3 Å². The molecule has 0 fully saturated rings. The minimum absolute atomic E-state index is 0.273. The van der Waals surface area contributed by atoms with Gasteiger partial charge in [-0.2, -0.15) is 8.42 Å². The quantitative estimate of drug-likeness (QED) is 0.683. The predicted octanol–water partition coefficient (Wildman–Crippen LogP) is 0.521. The summed E-state index contributed by atoms with van der Waals surface area (Å²) in [6, 6.07) is 0. The molecule has 0 bridgehead atoms. The number of likely N-dealkylation sites (N-methyl/N-ethyl adjacent to an activating group) is 1. The van der Waals surface area contributed by atoms with Crippen LogP contribution < -0.4 is 0 Å². The maximum Gasteiger partial charge on any atom is 0.347 e. The van der Waals surface area contributed by atoms with Gasteiger partial charge >= 0.3 is 16.1 Å². The molecule has 0 aromatic heterocycles. The number of carboxylic acid groups (broad SMARTS) is 1. The molecule has 7 nitrogen and oxygen atoms in total. The van der Waals surface area contributed by atoms with E-state index in [0.29, 0.717) is 13.0 Å². The van der Waals surface area contributed by atoms with Crippen LogP contribution in [0, 0.1) is 0 Å². The fraction of sp³-hybridized carbons (Fsp3) is 0.700. The Hall–Kier alpha value is -1.28. The summed E-state index contributed by atoms with van der Waals surface area (Å²) >= 11 is 0. The lowest BCUT2D eigenvalue weighted by Gasteiger charge is -2.29. The van der Waals surface area contributed by atoms with Crippen molar-refractivity contribution in [1.29, 1.82) is 0 Å². The third-order valence-electron chi connectivity index (χ3n) is 2.77. The fourth-order valence-electron chi connectivity index (χ4n) is 1.90. The van der Waals surface area contributed by atoms with Crippen molar-refractivity contribution in [1.82, 2.24) is 9.80 Å². The minimum atomic E-state index is -4.41. The molecule has 1 aliphatic heterocycles. The van der Waals surface area contributed by atoms with Gasteiger partial charge in [0.1, 0.15) is 0 Å². The first-order chi connectivity index (χ1) is 8.32. The van der Waals surface area contributed by atoms with E-state index in [1.807, 2.05) is 6.92 Å². The van der Waals surface area contributed by atoms with Gasteiger partial charge in [0.05, 0.1) is 0 Å². The Morgan fingerprint density at radius 3 is 2.44 bits per heavy atom. The van der Waals surface area contributed by atoms with Gasteiger partial charge in [0.2, 0.25) is 6.17 Å². The highest BCUT2D eigenvalue weighted by molar-refractivity contribution is 7.89. The summed E-state index contributed by atoms with van der Waals surface area (Å²) < 4.78 is 31.7. The topological polar surface area (TPSA) is 98.2 Å². The highest BCUT2D eigenvalue weighted by Gasteiger charge is 2.40. The Morgan fingerprint density at radius 1 is 1.44 bits per heavy atom. The zero-order chi connectivity index (χ0) is 13.9. The molecular weight excluding hydrogens is 260 g/mol. The Morgan fingerprint density at radius 2 is 2.06 bits per heavy atom. The molecule has 1 atom stereocenters. The molecule has 8 heteroatoms. The summed E-state index contributed by atoms with van der Waals surface area (Å²) in [6.45, 7) is 4.26. The van der Waals surface area contributed by atoms with E-state index in [0.717, 1.165) is 6.42 Å². The van der Waals surface area contributed by atoms with Crippen LogP contribution in [0.15, 0.2) is 11.2 Å². The number of carboxylic acids is 1. The number of unbranched alkanes of at least 4 members (excludes halogenated alkanes) is 1. The van der Waals surface area contributed by atoms with Crippen LogP contribution >= 0.6 is 0 Å². The average Bonchev–Trinajstić information content (AvgIpc) is 2.64. The standard InChI is InChI=1S/C10H18N2O5S/c1-3-5-6-12-8(18(15,16)17)7-11(4-2)9(12)10(13)14/h7,9H,3-6H2,1-2H3,(H,13,14)(H,15,16,17). The highest BCUT2D eigenvalue weighted by atomic mass is 32.2. The summed E-state index contributed by atoms with van der Waals surface area (Å²) in [6.07, 6.45) is 1.56. The lowest BCUT2D eigenvalue weighted by Crippen LogP contribution is -2.46. The number of hydrogen-bond acceptors (Lipinski definition) is 5. The Kier molecular flexibility index (Phi) is 4.58. The molecule has 1 heterocycles. The summed E-state index contributed by atoms with van der Waals surface area (Å²) in [7, 11) is -4.41. The van der Waals surface area contributed by atoms with Gasteiger partial charge in [0, 0.05) is 19.3 Å². The Bertz CT molecular complexity index is 445. The normalized spacial score (nSPS) is 20.2. The molecule has 1 aliphatic rings. The molecule has 104 valence electrons. The summed E-state index contributed by atoms with van der Waals surface area (Å²) in [5.74, 6) is -1.14. The number of rotatable bonds is 6. The van der Waals surface area contributed by atoms with Gasteiger partial charge in [-0.3, -0.25) is 4.55 Å². The largest absolute Gasteiger partial charge is 0.478 e. The molecule has 0 amide bonds. The van der Waals surface area contributed by atoms with Crippen molar-refractivity contribution in [2.45, 2.75) is 32.9 Å². The SMILES string of the molecule is CCCCN1C(S(=O)(=O)O)=CN(CC)C1C(=O)O. The first-order valence-electron chi connectivity index (χ1n) is 5.77. The van der Waals surface area contributed by atoms with E-state index in [1.165, 1.54) is 16.0 Å². The van der Waals surface area contributed by atoms with Crippen LogP contribution in [-0.4, -0.2) is 53.1 Å². The molecule has 18 heavy (non-hydrogen) atoms. The van der Waals surface area contributed by atoms with E-state index in [4.69, 9.17) is 4.55 Å². The van der Waals surface area contributed by atoms with Crippen LogP contribution in [0.25, 0.3) is 0 Å². The van der Waals surface area contributed by atoms with Crippen LogP contribution in [0.3, 0.4) is 0 Å². The molecule has 2 N–H and O–H groups in total. The fourth-order valence-corrected chi connectivity index (χ4v) is 2.66. The molecule has 1 rings (SSSR count). The summed E-state index contributed by atoms with van der Waals surface area (Å²) in [5, 5.41) is 8.83. The van der Waals surface area contributed by atoms with Crippen molar-refractivity contribution in [3.8, 4) is 0 Å². The van der Waals surface area contributed by atoms with Crippen LogP contribution in [0.2, 0.25) is 0 Å². The number of nitrogens with zero attached hydrogens (tertiary/aromatic N) is 2. The monoisotopic (exact) mass is 278 g/mol. The van der Waals surface area contributed by atoms with Crippen LogP contribution in [0.1, 0.15) is 26.7 Å². The summed E-state index contributed by atoms with van der Waals surface area (Å²) in [4.78, 5) is 13.8. The second kappa shape index (κ2) is 5.57. The number of hydrogen-bond donors (Lipinski definition) is 2. The lowest BCUT2D eigenvalue weighted by molar-refractivity contribution is -0.146. The average molecular weight is 278 g/mol. The van der Waals surface area contributed by atoms with Crippen molar-refractivity contribution in [3.05, 3.63) is 11.2 Å². The van der Waals surface area contributed by atoms with E-state index >= 15 is 0 Å². The maximum absolute atomic E-state index is 11.3. The number of aliphatic carboxylic acids is 1. The molecule has 1 unspecified atom stereocenters. The first-order valence-corrected chi connectivity index (χ1v) is 7.21. The molecular formula is C10H18N2O5S. The van der Waals surface area contributed by atoms with Crippen molar-refractivity contribution in [3.63, 3.8) is 0 Å². The maximum atomic E-state index is 11.3. The van der Waals surface area contributed by atoms with Gasteiger partial charge in [-0.05, 0) is 13.3 Å². The van der Waals surface area contributed by atoms with Crippen molar-refractivity contribution < 1.29 is 22.9 Å². The first kappa shape index (κ1) is 14.8. The van der Waals surface area contributed by atoms with Crippen molar-refractivity contribution >= 4 is 16.1 Å². The third-order valence-corrected chi connectivity index (χ3v) is 3.64. The highest BCUT2D eigenvalue weighted by Crippen LogP contribution is 2.26. The van der Waals surface area contributed by atoms with Crippen LogP contribution in [0.4, 0.5) is 0 Å². The molecule has 0 radical (unpaired) electrons. The van der Waals surface area contributed by atoms with E-state index in [2.05, 4.69) is 0 Å². The van der Waals surface area contributed by atoms with Crippen LogP contribution in [0.5, 0.6) is 0 Å². The van der Waals surface area contributed by atoms with E-state index in [9.17, 15) is 18.3 Å². The minimum Gasteiger partial charge on any atom is -0.478 e. The van der Waals surface area contributed by atoms with E-state index in [1.54, 1.807) is 6.92 Å². The van der Waals surface area contributed by atoms with Gasteiger partial charge in [0.15, 0.2) is 5.03 Å². The second-order valence-electron chi connectivity index (χ2n) is 4.03. The van der Waals surface area contributed by atoms with Crippen LogP contribution in [-0.2, 0) is 14.9 Å². The zero-order valence-corrected chi connectivity index (χ0v) is 11.2. The molecule has 0 spiro atoms. The summed E-state index contributed by atoms with van der Waals surface area (Å²) in [5.41, 5.74) is 0. The smallest absolute Gasteiger partial charge is 0.347 e. The van der Waals surface area contributed by atoms with Gasteiger partial charge in [-0.25, -0.2) is 4.79 Å². The van der Waals surface area contributed by atoms with E-state index < -0.39 is 22.3 Å².